The molecule has 0 aromatic heterocycles. The highest BCUT2D eigenvalue weighted by molar-refractivity contribution is 5.79. The molecule has 4 nitrogen and oxygen atoms in total. The molecule has 0 saturated carbocycles. The monoisotopic (exact) mass is 194 g/mol. The van der Waals surface area contributed by atoms with Crippen LogP contribution in [0.5, 0.6) is 0 Å². The van der Waals surface area contributed by atoms with Crippen molar-refractivity contribution < 1.29 is 9.90 Å². The normalized spacial score (nSPS) is 17.1. The Morgan fingerprint density at radius 3 is 2.36 bits per heavy atom. The predicted octanol–water partition coefficient (Wildman–Crippen LogP) is 0.488. The van der Waals surface area contributed by atoms with Crippen molar-refractivity contribution in [1.82, 2.24) is 0 Å². The van der Waals surface area contributed by atoms with Crippen LogP contribution < -0.4 is 11.5 Å². The number of rotatable bonds is 3. The van der Waals surface area contributed by atoms with Crippen molar-refractivity contribution in [1.29, 1.82) is 0 Å². The smallest absolute Gasteiger partial charge is 0.325 e. The van der Waals surface area contributed by atoms with Crippen LogP contribution in [-0.2, 0) is 4.79 Å². The Kier molecular flexibility index (Phi) is 2.88. The van der Waals surface area contributed by atoms with Crippen LogP contribution in [0.25, 0.3) is 0 Å². The van der Waals surface area contributed by atoms with Crippen LogP contribution in [0.4, 0.5) is 0 Å². The van der Waals surface area contributed by atoms with E-state index in [-0.39, 0.29) is 0 Å². The van der Waals surface area contributed by atoms with Gasteiger partial charge in [-0.3, -0.25) is 4.79 Å². The summed E-state index contributed by atoms with van der Waals surface area (Å²) in [5.74, 6) is -1.10. The molecule has 0 amide bonds. The summed E-state index contributed by atoms with van der Waals surface area (Å²) in [6.07, 6.45) is 0. The van der Waals surface area contributed by atoms with Crippen molar-refractivity contribution in [3.05, 3.63) is 35.9 Å². The molecule has 0 radical (unpaired) electrons. The Hall–Kier alpha value is -1.39. The third-order valence-corrected chi connectivity index (χ3v) is 2.27. The van der Waals surface area contributed by atoms with Gasteiger partial charge in [-0.05, 0) is 12.5 Å². The molecule has 0 heterocycles. The largest absolute Gasteiger partial charge is 0.480 e. The molecule has 2 atom stereocenters. The van der Waals surface area contributed by atoms with Gasteiger partial charge in [0.05, 0.1) is 6.04 Å². The number of nitrogens with two attached hydrogens (primary N) is 2. The number of benzene rings is 1. The molecule has 4 heteroatoms. The van der Waals surface area contributed by atoms with E-state index in [2.05, 4.69) is 0 Å². The van der Waals surface area contributed by atoms with Gasteiger partial charge in [-0.15, -0.1) is 0 Å². The maximum absolute atomic E-state index is 10.8. The molecule has 14 heavy (non-hydrogen) atoms. The molecular weight excluding hydrogens is 180 g/mol. The van der Waals surface area contributed by atoms with E-state index in [9.17, 15) is 4.79 Å². The molecular formula is C10H14N2O2. The molecule has 1 aromatic carbocycles. The van der Waals surface area contributed by atoms with Crippen molar-refractivity contribution >= 4 is 5.97 Å². The fourth-order valence-electron chi connectivity index (χ4n) is 1.14. The number of carboxylic acids is 1. The van der Waals surface area contributed by atoms with Gasteiger partial charge in [0.15, 0.2) is 0 Å². The standard InChI is InChI=1S/C10H14N2O2/c1-10(12,9(13)14)8(11)7-5-3-2-4-6-7/h2-6,8H,11-12H2,1H3,(H,13,14)/t8-,10-/m1/s1. The van der Waals surface area contributed by atoms with Gasteiger partial charge in [0.25, 0.3) is 0 Å². The molecule has 0 aliphatic heterocycles. The molecule has 0 spiro atoms. The minimum absolute atomic E-state index is 0.707. The number of carbonyl (C=O) groups is 1. The van der Waals surface area contributed by atoms with E-state index in [1.165, 1.54) is 6.92 Å². The van der Waals surface area contributed by atoms with Gasteiger partial charge in [-0.25, -0.2) is 0 Å². The first kappa shape index (κ1) is 10.7. The van der Waals surface area contributed by atoms with Crippen LogP contribution in [0.1, 0.15) is 18.5 Å². The van der Waals surface area contributed by atoms with Crippen LogP contribution >= 0.6 is 0 Å². The summed E-state index contributed by atoms with van der Waals surface area (Å²) in [4.78, 5) is 10.8. The van der Waals surface area contributed by atoms with E-state index >= 15 is 0 Å². The van der Waals surface area contributed by atoms with E-state index in [4.69, 9.17) is 16.6 Å². The first-order valence-electron chi connectivity index (χ1n) is 4.29. The zero-order valence-electron chi connectivity index (χ0n) is 7.97. The average Bonchev–Trinajstić information content (AvgIpc) is 2.17. The molecule has 76 valence electrons. The highest BCUT2D eigenvalue weighted by Crippen LogP contribution is 2.20. The first-order valence-corrected chi connectivity index (χ1v) is 4.29. The third kappa shape index (κ3) is 1.92. The van der Waals surface area contributed by atoms with E-state index < -0.39 is 17.6 Å². The Balaban J connectivity index is 2.96. The fraction of sp³-hybridized carbons (Fsp3) is 0.300. The Labute approximate surface area is 82.5 Å². The van der Waals surface area contributed by atoms with E-state index in [0.29, 0.717) is 0 Å². The highest BCUT2D eigenvalue weighted by atomic mass is 16.4. The average molecular weight is 194 g/mol. The topological polar surface area (TPSA) is 89.3 Å². The molecule has 1 aromatic rings. The molecule has 0 saturated heterocycles. The lowest BCUT2D eigenvalue weighted by Crippen LogP contribution is -2.53. The number of hydrogen-bond acceptors (Lipinski definition) is 3. The van der Waals surface area contributed by atoms with Crippen molar-refractivity contribution in [2.75, 3.05) is 0 Å². The summed E-state index contributed by atoms with van der Waals surface area (Å²) >= 11 is 0. The van der Waals surface area contributed by atoms with Gasteiger partial charge in [-0.2, -0.15) is 0 Å². The lowest BCUT2D eigenvalue weighted by Gasteiger charge is -2.27. The predicted molar refractivity (Wildman–Crippen MR) is 53.6 cm³/mol. The summed E-state index contributed by atoms with van der Waals surface area (Å²) in [6.45, 7) is 1.41. The van der Waals surface area contributed by atoms with Gasteiger partial charge in [0.2, 0.25) is 0 Å². The van der Waals surface area contributed by atoms with Crippen molar-refractivity contribution in [3.63, 3.8) is 0 Å². The van der Waals surface area contributed by atoms with Gasteiger partial charge in [-0.1, -0.05) is 30.3 Å². The maximum Gasteiger partial charge on any atom is 0.325 e. The van der Waals surface area contributed by atoms with Crippen LogP contribution in [0.15, 0.2) is 30.3 Å². The number of hydrogen-bond donors (Lipinski definition) is 3. The van der Waals surface area contributed by atoms with Crippen molar-refractivity contribution in [3.8, 4) is 0 Å². The zero-order valence-corrected chi connectivity index (χ0v) is 7.97. The quantitative estimate of drug-likeness (QED) is 0.653. The SMILES string of the molecule is C[C@](N)(C(=O)O)[C@H](N)c1ccccc1. The van der Waals surface area contributed by atoms with Crippen LogP contribution in [0.2, 0.25) is 0 Å². The molecule has 0 unspecified atom stereocenters. The Morgan fingerprint density at radius 2 is 1.93 bits per heavy atom. The Morgan fingerprint density at radius 1 is 1.43 bits per heavy atom. The first-order chi connectivity index (χ1) is 6.46. The zero-order chi connectivity index (χ0) is 10.8. The summed E-state index contributed by atoms with van der Waals surface area (Å²) < 4.78 is 0. The number of carboxylic acid groups (broad SMARTS) is 1. The second kappa shape index (κ2) is 3.77. The summed E-state index contributed by atoms with van der Waals surface area (Å²) in [5.41, 5.74) is 10.7. The summed E-state index contributed by atoms with van der Waals surface area (Å²) in [5, 5.41) is 8.87. The van der Waals surface area contributed by atoms with Crippen LogP contribution in [0.3, 0.4) is 0 Å². The molecule has 0 aliphatic carbocycles. The molecule has 0 fully saturated rings. The molecule has 0 aliphatic rings. The van der Waals surface area contributed by atoms with Gasteiger partial charge >= 0.3 is 5.97 Å². The summed E-state index contributed by atoms with van der Waals surface area (Å²) in [7, 11) is 0. The minimum Gasteiger partial charge on any atom is -0.480 e. The third-order valence-electron chi connectivity index (χ3n) is 2.27. The van der Waals surface area contributed by atoms with E-state index in [1.807, 2.05) is 6.07 Å². The maximum atomic E-state index is 10.8. The van der Waals surface area contributed by atoms with Gasteiger partial charge in [0.1, 0.15) is 5.54 Å². The van der Waals surface area contributed by atoms with Crippen molar-refractivity contribution in [2.24, 2.45) is 11.5 Å². The second-order valence-electron chi connectivity index (χ2n) is 3.48. The fourth-order valence-corrected chi connectivity index (χ4v) is 1.14. The summed E-state index contributed by atoms with van der Waals surface area (Å²) in [6, 6.07) is 8.25. The molecule has 1 rings (SSSR count). The molecule has 5 N–H and O–H groups in total. The number of aliphatic carboxylic acids is 1. The second-order valence-corrected chi connectivity index (χ2v) is 3.48. The lowest BCUT2D eigenvalue weighted by molar-refractivity contribution is -0.143. The Bertz CT molecular complexity index is 322. The van der Waals surface area contributed by atoms with Crippen LogP contribution in [-0.4, -0.2) is 16.6 Å². The lowest BCUT2D eigenvalue weighted by atomic mass is 9.89. The van der Waals surface area contributed by atoms with Crippen LogP contribution in [0, 0.1) is 0 Å². The van der Waals surface area contributed by atoms with E-state index in [1.54, 1.807) is 24.3 Å². The van der Waals surface area contributed by atoms with Gasteiger partial charge in [0, 0.05) is 0 Å². The minimum atomic E-state index is -1.44. The van der Waals surface area contributed by atoms with Crippen molar-refractivity contribution in [2.45, 2.75) is 18.5 Å². The molecule has 0 bridgehead atoms. The highest BCUT2D eigenvalue weighted by Gasteiger charge is 2.35. The van der Waals surface area contributed by atoms with Gasteiger partial charge < -0.3 is 16.6 Å². The van der Waals surface area contributed by atoms with E-state index in [0.717, 1.165) is 5.56 Å².